The maximum absolute atomic E-state index is 4.61. The Bertz CT molecular complexity index is 862. The van der Waals surface area contributed by atoms with Gasteiger partial charge in [0.15, 0.2) is 0 Å². The Balaban J connectivity index is 1.65. The van der Waals surface area contributed by atoms with Crippen molar-refractivity contribution in [3.63, 3.8) is 0 Å². The van der Waals surface area contributed by atoms with Crippen LogP contribution in [0.3, 0.4) is 0 Å². The summed E-state index contributed by atoms with van der Waals surface area (Å²) in [6, 6.07) is 0. The third kappa shape index (κ3) is 2.25. The van der Waals surface area contributed by atoms with Crippen LogP contribution >= 0.6 is 0 Å². The molecule has 0 saturated heterocycles. The lowest BCUT2D eigenvalue weighted by Crippen LogP contribution is -1.89. The second-order valence-electron chi connectivity index (χ2n) is 5.69. The smallest absolute Gasteiger partial charge is 0.0894 e. The first-order valence-corrected chi connectivity index (χ1v) is 7.75. The average molecular weight is 308 g/mol. The minimum atomic E-state index is 0.881. The fraction of sp³-hybridized carbons (Fsp3) is 0. The van der Waals surface area contributed by atoms with Crippen molar-refractivity contribution in [2.24, 2.45) is 20.0 Å². The van der Waals surface area contributed by atoms with Crippen molar-refractivity contribution in [1.29, 1.82) is 0 Å². The first-order chi connectivity index (χ1) is 11.8. The second-order valence-corrected chi connectivity index (χ2v) is 5.69. The number of aliphatic imine (C=N–C) groups is 4. The molecule has 4 heteroatoms. The number of nitrogens with zero attached hydrogens (tertiary/aromatic N) is 4. The number of allylic oxidation sites excluding steroid dienone is 12. The summed E-state index contributed by atoms with van der Waals surface area (Å²) in [5.41, 5.74) is 7.12. The lowest BCUT2D eigenvalue weighted by Gasteiger charge is -1.94. The van der Waals surface area contributed by atoms with Crippen LogP contribution in [0.1, 0.15) is 0 Å². The molecule has 5 heterocycles. The van der Waals surface area contributed by atoms with E-state index in [9.17, 15) is 0 Å². The molecule has 0 saturated carbocycles. The Kier molecular flexibility index (Phi) is 2.76. The third-order valence-electron chi connectivity index (χ3n) is 4.02. The largest absolute Gasteiger partial charge is 0.247 e. The molecule has 0 aromatic rings. The van der Waals surface area contributed by atoms with Crippen molar-refractivity contribution in [2.75, 3.05) is 0 Å². The van der Waals surface area contributed by atoms with Gasteiger partial charge in [-0.25, -0.2) is 20.0 Å². The Hall–Kier alpha value is -3.40. The minimum absolute atomic E-state index is 0.881. The molecule has 0 aliphatic carbocycles. The van der Waals surface area contributed by atoms with Crippen LogP contribution in [0.15, 0.2) is 116 Å². The fourth-order valence-electron chi connectivity index (χ4n) is 2.80. The molecule has 24 heavy (non-hydrogen) atoms. The highest BCUT2D eigenvalue weighted by molar-refractivity contribution is 6.16. The van der Waals surface area contributed by atoms with Gasteiger partial charge in [-0.3, -0.25) is 0 Å². The first-order valence-electron chi connectivity index (χ1n) is 7.75. The van der Waals surface area contributed by atoms with Crippen LogP contribution in [0, 0.1) is 0 Å². The number of fused-ring (bicyclic) bond motifs is 4. The van der Waals surface area contributed by atoms with Gasteiger partial charge in [-0.05, 0) is 72.9 Å². The summed E-state index contributed by atoms with van der Waals surface area (Å²) in [5.74, 6) is 0. The van der Waals surface area contributed by atoms with Gasteiger partial charge in [0.25, 0.3) is 0 Å². The molecule has 5 aliphatic heterocycles. The molecule has 112 valence electrons. The lowest BCUT2D eigenvalue weighted by atomic mass is 10.2. The molecule has 0 spiro atoms. The summed E-state index contributed by atoms with van der Waals surface area (Å²) >= 11 is 0. The van der Waals surface area contributed by atoms with Crippen LogP contribution < -0.4 is 0 Å². The number of hydrogen-bond donors (Lipinski definition) is 0. The molecule has 0 radical (unpaired) electrons. The van der Waals surface area contributed by atoms with Gasteiger partial charge >= 0.3 is 0 Å². The van der Waals surface area contributed by atoms with Crippen molar-refractivity contribution in [2.45, 2.75) is 0 Å². The van der Waals surface area contributed by atoms with E-state index in [4.69, 9.17) is 0 Å². The molecule has 4 nitrogen and oxygen atoms in total. The van der Waals surface area contributed by atoms with E-state index in [1.54, 1.807) is 0 Å². The Morgan fingerprint density at radius 1 is 0.292 bits per heavy atom. The van der Waals surface area contributed by atoms with Gasteiger partial charge in [0, 0.05) is 0 Å². The normalized spacial score (nSPS) is 22.7. The molecule has 0 amide bonds. The van der Waals surface area contributed by atoms with Crippen molar-refractivity contribution in [1.82, 2.24) is 0 Å². The maximum atomic E-state index is 4.61. The zero-order chi connectivity index (χ0) is 15.9. The fourth-order valence-corrected chi connectivity index (χ4v) is 2.80. The van der Waals surface area contributed by atoms with E-state index in [1.807, 2.05) is 72.9 Å². The second kappa shape index (κ2) is 5.06. The molecule has 5 aliphatic rings. The summed E-state index contributed by atoms with van der Waals surface area (Å²) in [5, 5.41) is 0. The molecule has 0 fully saturated rings. The summed E-state index contributed by atoms with van der Waals surface area (Å²) in [7, 11) is 0. The first kappa shape index (κ1) is 13.1. The van der Waals surface area contributed by atoms with Gasteiger partial charge < -0.3 is 0 Å². The number of hydrogen-bond acceptors (Lipinski definition) is 4. The van der Waals surface area contributed by atoms with Gasteiger partial charge in [0.2, 0.25) is 0 Å². The monoisotopic (exact) mass is 308 g/mol. The lowest BCUT2D eigenvalue weighted by molar-refractivity contribution is 1.31. The highest BCUT2D eigenvalue weighted by Crippen LogP contribution is 2.23. The highest BCUT2D eigenvalue weighted by atomic mass is 14.9. The van der Waals surface area contributed by atoms with Crippen molar-refractivity contribution in [3.05, 3.63) is 95.7 Å². The summed E-state index contributed by atoms with van der Waals surface area (Å²) in [6.07, 6.45) is 23.8. The summed E-state index contributed by atoms with van der Waals surface area (Å²) in [6.45, 7) is 0. The molecule has 0 aromatic carbocycles. The quantitative estimate of drug-likeness (QED) is 0.657. The molecule has 0 aromatic heterocycles. The van der Waals surface area contributed by atoms with E-state index < -0.39 is 0 Å². The zero-order valence-corrected chi connectivity index (χ0v) is 12.7. The van der Waals surface area contributed by atoms with Gasteiger partial charge in [-0.15, -0.1) is 0 Å². The molecule has 0 N–H and O–H groups in total. The predicted molar refractivity (Wildman–Crippen MR) is 98.6 cm³/mol. The van der Waals surface area contributed by atoms with Crippen LogP contribution in [0.25, 0.3) is 0 Å². The van der Waals surface area contributed by atoms with Gasteiger partial charge in [-0.1, -0.05) is 0 Å². The zero-order valence-electron chi connectivity index (χ0n) is 12.7. The van der Waals surface area contributed by atoms with Crippen molar-refractivity contribution >= 4 is 22.8 Å². The summed E-state index contributed by atoms with van der Waals surface area (Å²) < 4.78 is 0. The van der Waals surface area contributed by atoms with E-state index in [0.717, 1.165) is 45.6 Å². The Labute approximate surface area is 139 Å². The van der Waals surface area contributed by atoms with E-state index in [2.05, 4.69) is 20.0 Å². The van der Waals surface area contributed by atoms with Crippen molar-refractivity contribution in [3.8, 4) is 0 Å². The minimum Gasteiger partial charge on any atom is -0.247 e. The molecule has 0 unspecified atom stereocenters. The molecule has 5 rings (SSSR count). The van der Waals surface area contributed by atoms with Gasteiger partial charge in [0.1, 0.15) is 0 Å². The van der Waals surface area contributed by atoms with E-state index in [1.165, 1.54) is 0 Å². The number of rotatable bonds is 0. The third-order valence-corrected chi connectivity index (χ3v) is 4.02. The van der Waals surface area contributed by atoms with E-state index in [-0.39, 0.29) is 0 Å². The summed E-state index contributed by atoms with van der Waals surface area (Å²) in [4.78, 5) is 18.4. The molecule has 0 atom stereocenters. The topological polar surface area (TPSA) is 49.4 Å². The van der Waals surface area contributed by atoms with Crippen LogP contribution in [0.2, 0.25) is 0 Å². The van der Waals surface area contributed by atoms with Gasteiger partial charge in [-0.2, -0.15) is 0 Å². The maximum Gasteiger partial charge on any atom is 0.0894 e. The van der Waals surface area contributed by atoms with Crippen LogP contribution in [0.5, 0.6) is 0 Å². The predicted octanol–water partition coefficient (Wildman–Crippen LogP) is 3.58. The van der Waals surface area contributed by atoms with Crippen molar-refractivity contribution < 1.29 is 0 Å². The average Bonchev–Trinajstić information content (AvgIpc) is 3.37. The standard InChI is InChI=1S/C20H12N4/c1-2-14-6-10-19(22-14)20-12-8-16(24-20)4-3-15-7-11-18(23-15)17-9-5-13(1)21-17/h1-12H. The van der Waals surface area contributed by atoms with E-state index >= 15 is 0 Å². The van der Waals surface area contributed by atoms with E-state index in [0.29, 0.717) is 0 Å². The van der Waals surface area contributed by atoms with Gasteiger partial charge in [0.05, 0.1) is 45.6 Å². The van der Waals surface area contributed by atoms with Crippen LogP contribution in [-0.2, 0) is 0 Å². The SMILES string of the molecule is C1=CC2=NC(=C3C=CC(=N3)C=CC3=NC(=C4C=CC1=N4)C=C3)C=C2. The molecular weight excluding hydrogens is 296 g/mol. The Morgan fingerprint density at radius 3 is 0.750 bits per heavy atom. The highest BCUT2D eigenvalue weighted by Gasteiger charge is 2.13. The molecular formula is C20H12N4. The van der Waals surface area contributed by atoms with Crippen LogP contribution in [-0.4, -0.2) is 22.8 Å². The molecule has 8 bridgehead atoms. The van der Waals surface area contributed by atoms with Crippen LogP contribution in [0.4, 0.5) is 0 Å². The Morgan fingerprint density at radius 2 is 0.500 bits per heavy atom.